The highest BCUT2D eigenvalue weighted by Crippen LogP contribution is 2.31. The van der Waals surface area contributed by atoms with Crippen LogP contribution < -0.4 is 9.47 Å². The number of rotatable bonds is 5. The van der Waals surface area contributed by atoms with Crippen LogP contribution in [0.15, 0.2) is 23.8 Å². The summed E-state index contributed by atoms with van der Waals surface area (Å²) in [7, 11) is 3.05. The van der Waals surface area contributed by atoms with Gasteiger partial charge in [0.15, 0.2) is 0 Å². The molecule has 1 N–H and O–H groups in total. The number of ether oxygens (including phenoxy) is 2. The van der Waals surface area contributed by atoms with E-state index in [-0.39, 0.29) is 5.56 Å². The molecule has 0 aromatic heterocycles. The van der Waals surface area contributed by atoms with Crippen LogP contribution in [-0.4, -0.2) is 25.3 Å². The van der Waals surface area contributed by atoms with Crippen molar-refractivity contribution in [3.8, 4) is 11.5 Å². The number of carboxylic acids is 1. The molecule has 0 saturated heterocycles. The van der Waals surface area contributed by atoms with E-state index in [4.69, 9.17) is 9.47 Å². The van der Waals surface area contributed by atoms with Crippen LogP contribution in [0.5, 0.6) is 11.5 Å². The molecule has 1 aromatic rings. The third-order valence-electron chi connectivity index (χ3n) is 4.35. The minimum Gasteiger partial charge on any atom is -0.497 e. The molecule has 0 amide bonds. The summed E-state index contributed by atoms with van der Waals surface area (Å²) in [5.74, 6) is 0.791. The molecule has 4 heteroatoms. The van der Waals surface area contributed by atoms with E-state index in [2.05, 4.69) is 13.0 Å². The van der Waals surface area contributed by atoms with Crippen molar-refractivity contribution in [3.63, 3.8) is 0 Å². The van der Waals surface area contributed by atoms with E-state index >= 15 is 0 Å². The minimum atomic E-state index is -0.967. The molecule has 1 aliphatic carbocycles. The number of hydrogen-bond acceptors (Lipinski definition) is 3. The highest BCUT2D eigenvalue weighted by Gasteiger charge is 2.18. The van der Waals surface area contributed by atoms with Crippen molar-refractivity contribution in [1.82, 2.24) is 0 Å². The van der Waals surface area contributed by atoms with Crippen molar-refractivity contribution in [2.75, 3.05) is 14.2 Å². The smallest absolute Gasteiger partial charge is 0.339 e. The summed E-state index contributed by atoms with van der Waals surface area (Å²) in [6.45, 7) is 2.28. The number of benzene rings is 1. The Bertz CT molecular complexity index is 565. The lowest BCUT2D eigenvalue weighted by atomic mass is 9.86. The van der Waals surface area contributed by atoms with Crippen LogP contribution in [0.2, 0.25) is 0 Å². The zero-order valence-electron chi connectivity index (χ0n) is 13.5. The van der Waals surface area contributed by atoms with E-state index in [1.807, 2.05) is 0 Å². The fourth-order valence-corrected chi connectivity index (χ4v) is 2.92. The van der Waals surface area contributed by atoms with Crippen LogP contribution in [-0.2, 0) is 6.42 Å². The van der Waals surface area contributed by atoms with Gasteiger partial charge < -0.3 is 14.6 Å². The standard InChI is InChI=1S/C18H24O4/c1-12-4-6-13(7-5-12)8-9-14-10-15(21-2)11-16(22-3)17(14)18(19)20/h8,10-12H,4-7,9H2,1-3H3,(H,19,20). The summed E-state index contributed by atoms with van der Waals surface area (Å²) < 4.78 is 10.5. The molecule has 0 heterocycles. The maximum Gasteiger partial charge on any atom is 0.339 e. The van der Waals surface area contributed by atoms with Crippen molar-refractivity contribution in [2.45, 2.75) is 39.0 Å². The zero-order valence-corrected chi connectivity index (χ0v) is 13.5. The van der Waals surface area contributed by atoms with Crippen molar-refractivity contribution in [3.05, 3.63) is 34.9 Å². The molecule has 0 aliphatic heterocycles. The number of carboxylic acid groups (broad SMARTS) is 1. The average Bonchev–Trinajstić information content (AvgIpc) is 2.53. The van der Waals surface area contributed by atoms with Gasteiger partial charge in [-0.3, -0.25) is 0 Å². The molecular formula is C18H24O4. The van der Waals surface area contributed by atoms with E-state index in [0.717, 1.165) is 24.3 Å². The Labute approximate surface area is 131 Å². The van der Waals surface area contributed by atoms with Crippen LogP contribution in [0.4, 0.5) is 0 Å². The van der Waals surface area contributed by atoms with Crippen LogP contribution in [0, 0.1) is 5.92 Å². The Morgan fingerprint density at radius 3 is 2.50 bits per heavy atom. The van der Waals surface area contributed by atoms with Crippen LogP contribution in [0.3, 0.4) is 0 Å². The molecule has 4 nitrogen and oxygen atoms in total. The van der Waals surface area contributed by atoms with Gasteiger partial charge >= 0.3 is 5.97 Å². The van der Waals surface area contributed by atoms with Crippen LogP contribution in [0.25, 0.3) is 0 Å². The first kappa shape index (κ1) is 16.4. The van der Waals surface area contributed by atoms with Gasteiger partial charge in [-0.1, -0.05) is 18.6 Å². The predicted octanol–water partition coefficient (Wildman–Crippen LogP) is 4.08. The van der Waals surface area contributed by atoms with Crippen molar-refractivity contribution >= 4 is 5.97 Å². The molecule has 1 aliphatic rings. The fraction of sp³-hybridized carbons (Fsp3) is 0.500. The summed E-state index contributed by atoms with van der Waals surface area (Å²) >= 11 is 0. The second-order valence-corrected chi connectivity index (χ2v) is 5.92. The normalized spacial score (nSPS) is 18.0. The highest BCUT2D eigenvalue weighted by molar-refractivity contribution is 5.93. The van der Waals surface area contributed by atoms with Gasteiger partial charge in [0.05, 0.1) is 14.2 Å². The van der Waals surface area contributed by atoms with Crippen molar-refractivity contribution < 1.29 is 19.4 Å². The minimum absolute atomic E-state index is 0.226. The Morgan fingerprint density at radius 2 is 1.95 bits per heavy atom. The van der Waals surface area contributed by atoms with Gasteiger partial charge in [-0.15, -0.1) is 0 Å². The van der Waals surface area contributed by atoms with Crippen molar-refractivity contribution in [2.24, 2.45) is 5.92 Å². The highest BCUT2D eigenvalue weighted by atomic mass is 16.5. The third kappa shape index (κ3) is 3.81. The molecule has 0 bridgehead atoms. The third-order valence-corrected chi connectivity index (χ3v) is 4.35. The van der Waals surface area contributed by atoms with E-state index in [1.54, 1.807) is 19.2 Å². The van der Waals surface area contributed by atoms with Gasteiger partial charge in [0.2, 0.25) is 0 Å². The quantitative estimate of drug-likeness (QED) is 0.833. The van der Waals surface area contributed by atoms with E-state index in [0.29, 0.717) is 17.9 Å². The molecule has 0 spiro atoms. The first-order valence-corrected chi connectivity index (χ1v) is 7.71. The molecule has 22 heavy (non-hydrogen) atoms. The lowest BCUT2D eigenvalue weighted by molar-refractivity contribution is 0.0692. The second kappa shape index (κ2) is 7.34. The summed E-state index contributed by atoms with van der Waals surface area (Å²) in [5.41, 5.74) is 2.38. The lowest BCUT2D eigenvalue weighted by Gasteiger charge is -2.20. The number of hydrogen-bond donors (Lipinski definition) is 1. The molecule has 1 saturated carbocycles. The van der Waals surface area contributed by atoms with Crippen molar-refractivity contribution in [1.29, 1.82) is 0 Å². The Kier molecular flexibility index (Phi) is 5.47. The molecular weight excluding hydrogens is 280 g/mol. The van der Waals surface area contributed by atoms with Gasteiger partial charge in [0.1, 0.15) is 17.1 Å². The van der Waals surface area contributed by atoms with E-state index < -0.39 is 5.97 Å². The van der Waals surface area contributed by atoms with E-state index in [1.165, 1.54) is 25.5 Å². The Hall–Kier alpha value is -1.97. The monoisotopic (exact) mass is 304 g/mol. The van der Waals surface area contributed by atoms with Gasteiger partial charge in [0, 0.05) is 6.07 Å². The number of methoxy groups -OCH3 is 2. The van der Waals surface area contributed by atoms with Crippen LogP contribution in [0.1, 0.15) is 48.5 Å². The Balaban J connectivity index is 2.28. The molecule has 2 rings (SSSR count). The SMILES string of the molecule is COc1cc(CC=C2CCC(C)CC2)c(C(=O)O)c(OC)c1. The topological polar surface area (TPSA) is 55.8 Å². The van der Waals surface area contributed by atoms with Gasteiger partial charge in [-0.2, -0.15) is 0 Å². The van der Waals surface area contributed by atoms with Gasteiger partial charge in [-0.05, 0) is 49.7 Å². The molecule has 0 atom stereocenters. The van der Waals surface area contributed by atoms with Gasteiger partial charge in [-0.25, -0.2) is 4.79 Å². The molecule has 0 unspecified atom stereocenters. The van der Waals surface area contributed by atoms with Gasteiger partial charge in [0.25, 0.3) is 0 Å². The first-order valence-electron chi connectivity index (χ1n) is 7.71. The first-order chi connectivity index (χ1) is 10.5. The molecule has 0 radical (unpaired) electrons. The zero-order chi connectivity index (χ0) is 16.1. The maximum absolute atomic E-state index is 11.6. The molecule has 1 aromatic carbocycles. The molecule has 120 valence electrons. The molecule has 1 fully saturated rings. The summed E-state index contributed by atoms with van der Waals surface area (Å²) in [6, 6.07) is 3.40. The largest absolute Gasteiger partial charge is 0.497 e. The summed E-state index contributed by atoms with van der Waals surface area (Å²) in [4.78, 5) is 11.6. The van der Waals surface area contributed by atoms with Crippen LogP contribution >= 0.6 is 0 Å². The average molecular weight is 304 g/mol. The summed E-state index contributed by atoms with van der Waals surface area (Å²) in [5, 5.41) is 9.47. The number of aromatic carboxylic acids is 1. The predicted molar refractivity (Wildman–Crippen MR) is 85.9 cm³/mol. The fourth-order valence-electron chi connectivity index (χ4n) is 2.92. The number of carbonyl (C=O) groups is 1. The second-order valence-electron chi connectivity index (χ2n) is 5.92. The summed E-state index contributed by atoms with van der Waals surface area (Å²) in [6.07, 6.45) is 7.44. The van der Waals surface area contributed by atoms with E-state index in [9.17, 15) is 9.90 Å². The Morgan fingerprint density at radius 1 is 1.27 bits per heavy atom. The lowest BCUT2D eigenvalue weighted by Crippen LogP contribution is -2.07. The number of allylic oxidation sites excluding steroid dienone is 2. The maximum atomic E-state index is 11.6.